The zero-order valence-electron chi connectivity index (χ0n) is 10.9. The lowest BCUT2D eigenvalue weighted by Gasteiger charge is -2.31. The standard InChI is InChI=1S/C13H17N3O3/c1-2-18-13(17)11-3-6-19-12(11)9-16-5-4-15-8-10(16)7-14/h3,6,10,15H,2,4-5,8-9H2,1H3. The van der Waals surface area contributed by atoms with E-state index in [9.17, 15) is 4.79 Å². The van der Waals surface area contributed by atoms with Crippen molar-refractivity contribution >= 4 is 5.97 Å². The molecule has 6 heteroatoms. The zero-order chi connectivity index (χ0) is 13.7. The van der Waals surface area contributed by atoms with E-state index in [1.165, 1.54) is 6.26 Å². The number of carbonyl (C=O) groups excluding carboxylic acids is 1. The molecule has 19 heavy (non-hydrogen) atoms. The first-order valence-corrected chi connectivity index (χ1v) is 6.34. The summed E-state index contributed by atoms with van der Waals surface area (Å²) in [7, 11) is 0. The lowest BCUT2D eigenvalue weighted by Crippen LogP contribution is -2.50. The molecule has 1 aliphatic rings. The minimum absolute atomic E-state index is 0.200. The average molecular weight is 263 g/mol. The quantitative estimate of drug-likeness (QED) is 0.808. The summed E-state index contributed by atoms with van der Waals surface area (Å²) < 4.78 is 10.3. The van der Waals surface area contributed by atoms with Crippen molar-refractivity contribution in [1.82, 2.24) is 10.2 Å². The highest BCUT2D eigenvalue weighted by Gasteiger charge is 2.25. The monoisotopic (exact) mass is 263 g/mol. The first-order chi connectivity index (χ1) is 9.26. The molecular formula is C13H17N3O3. The van der Waals surface area contributed by atoms with Crippen molar-refractivity contribution in [2.75, 3.05) is 26.2 Å². The Bertz CT molecular complexity index is 478. The second-order valence-electron chi connectivity index (χ2n) is 4.30. The number of ether oxygens (including phenoxy) is 1. The van der Waals surface area contributed by atoms with Crippen molar-refractivity contribution in [2.45, 2.75) is 19.5 Å². The second kappa shape index (κ2) is 6.36. The van der Waals surface area contributed by atoms with Crippen LogP contribution >= 0.6 is 0 Å². The van der Waals surface area contributed by atoms with Crippen LogP contribution in [0, 0.1) is 11.3 Å². The number of esters is 1. The van der Waals surface area contributed by atoms with Crippen LogP contribution in [0.25, 0.3) is 0 Å². The summed E-state index contributed by atoms with van der Waals surface area (Å²) in [5.74, 6) is 0.176. The maximum absolute atomic E-state index is 11.7. The molecule has 0 saturated carbocycles. The van der Waals surface area contributed by atoms with E-state index in [0.29, 0.717) is 31.0 Å². The highest BCUT2D eigenvalue weighted by atomic mass is 16.5. The smallest absolute Gasteiger partial charge is 0.341 e. The van der Waals surface area contributed by atoms with Gasteiger partial charge in [-0.2, -0.15) is 5.26 Å². The van der Waals surface area contributed by atoms with E-state index < -0.39 is 0 Å². The Morgan fingerprint density at radius 2 is 2.58 bits per heavy atom. The zero-order valence-corrected chi connectivity index (χ0v) is 10.9. The van der Waals surface area contributed by atoms with Gasteiger partial charge in [-0.3, -0.25) is 4.90 Å². The van der Waals surface area contributed by atoms with Crippen molar-refractivity contribution in [2.24, 2.45) is 0 Å². The molecule has 1 saturated heterocycles. The van der Waals surface area contributed by atoms with Crippen LogP contribution in [-0.4, -0.2) is 43.2 Å². The van der Waals surface area contributed by atoms with E-state index in [1.54, 1.807) is 13.0 Å². The maximum atomic E-state index is 11.7. The van der Waals surface area contributed by atoms with Gasteiger partial charge >= 0.3 is 5.97 Å². The molecule has 1 atom stereocenters. The van der Waals surface area contributed by atoms with Crippen LogP contribution in [0.2, 0.25) is 0 Å². The summed E-state index contributed by atoms with van der Waals surface area (Å²) in [5, 5.41) is 12.3. The van der Waals surface area contributed by atoms with Gasteiger partial charge in [0.05, 0.1) is 25.5 Å². The summed E-state index contributed by atoms with van der Waals surface area (Å²) in [6.07, 6.45) is 1.48. The maximum Gasteiger partial charge on any atom is 0.341 e. The van der Waals surface area contributed by atoms with Crippen LogP contribution in [0.4, 0.5) is 0 Å². The van der Waals surface area contributed by atoms with E-state index in [4.69, 9.17) is 14.4 Å². The summed E-state index contributed by atoms with van der Waals surface area (Å²) in [6.45, 7) is 4.75. The molecule has 0 spiro atoms. The van der Waals surface area contributed by atoms with Crippen LogP contribution in [0.3, 0.4) is 0 Å². The minimum Gasteiger partial charge on any atom is -0.467 e. The molecule has 0 radical (unpaired) electrons. The van der Waals surface area contributed by atoms with Crippen LogP contribution in [0.15, 0.2) is 16.7 Å². The number of rotatable bonds is 4. The molecule has 1 aromatic heterocycles. The van der Waals surface area contributed by atoms with Gasteiger partial charge in [0, 0.05) is 19.6 Å². The molecule has 2 rings (SSSR count). The third-order valence-corrected chi connectivity index (χ3v) is 3.09. The Kier molecular flexibility index (Phi) is 4.55. The fourth-order valence-electron chi connectivity index (χ4n) is 2.10. The number of hydrogen-bond acceptors (Lipinski definition) is 6. The van der Waals surface area contributed by atoms with Crippen LogP contribution in [-0.2, 0) is 11.3 Å². The highest BCUT2D eigenvalue weighted by Crippen LogP contribution is 2.16. The van der Waals surface area contributed by atoms with Gasteiger partial charge in [-0.05, 0) is 13.0 Å². The Labute approximate surface area is 111 Å². The number of nitriles is 1. The average Bonchev–Trinajstić information content (AvgIpc) is 2.88. The minimum atomic E-state index is -0.380. The molecular weight excluding hydrogens is 246 g/mol. The third-order valence-electron chi connectivity index (χ3n) is 3.09. The summed E-state index contributed by atoms with van der Waals surface area (Å²) in [5.41, 5.74) is 0.442. The number of hydrogen-bond donors (Lipinski definition) is 1. The van der Waals surface area contributed by atoms with Gasteiger partial charge in [0.25, 0.3) is 0 Å². The van der Waals surface area contributed by atoms with Crippen LogP contribution < -0.4 is 5.32 Å². The molecule has 0 aliphatic carbocycles. The molecule has 102 valence electrons. The van der Waals surface area contributed by atoms with Crippen molar-refractivity contribution in [3.63, 3.8) is 0 Å². The third kappa shape index (κ3) is 3.13. The predicted molar refractivity (Wildman–Crippen MR) is 67.3 cm³/mol. The van der Waals surface area contributed by atoms with E-state index in [1.807, 2.05) is 4.90 Å². The Morgan fingerprint density at radius 3 is 3.32 bits per heavy atom. The second-order valence-corrected chi connectivity index (χ2v) is 4.30. The van der Waals surface area contributed by atoms with Gasteiger partial charge < -0.3 is 14.5 Å². The summed E-state index contributed by atoms with van der Waals surface area (Å²) in [4.78, 5) is 13.7. The van der Waals surface area contributed by atoms with E-state index in [0.717, 1.165) is 13.1 Å². The van der Waals surface area contributed by atoms with Gasteiger partial charge in [0.15, 0.2) is 0 Å². The van der Waals surface area contributed by atoms with Crippen molar-refractivity contribution in [1.29, 1.82) is 5.26 Å². The molecule has 1 aliphatic heterocycles. The fourth-order valence-corrected chi connectivity index (χ4v) is 2.10. The normalized spacial score (nSPS) is 19.9. The lowest BCUT2D eigenvalue weighted by atomic mass is 10.1. The SMILES string of the molecule is CCOC(=O)c1ccoc1CN1CCNCC1C#N. The number of nitrogens with zero attached hydrogens (tertiary/aromatic N) is 2. The Hall–Kier alpha value is -1.84. The molecule has 1 aromatic rings. The molecule has 6 nitrogen and oxygen atoms in total. The number of piperazine rings is 1. The molecule has 1 fully saturated rings. The molecule has 0 amide bonds. The molecule has 0 bridgehead atoms. The van der Waals surface area contributed by atoms with Crippen molar-refractivity contribution < 1.29 is 13.9 Å². The molecule has 1 N–H and O–H groups in total. The number of furan rings is 1. The number of carbonyl (C=O) groups is 1. The van der Waals surface area contributed by atoms with Crippen molar-refractivity contribution in [3.05, 3.63) is 23.7 Å². The first kappa shape index (κ1) is 13.6. The van der Waals surface area contributed by atoms with Gasteiger partial charge in [0.2, 0.25) is 0 Å². The number of nitrogens with one attached hydrogen (secondary N) is 1. The van der Waals surface area contributed by atoms with E-state index in [-0.39, 0.29) is 12.0 Å². The van der Waals surface area contributed by atoms with Gasteiger partial charge in [-0.25, -0.2) is 4.79 Å². The largest absolute Gasteiger partial charge is 0.467 e. The molecule has 2 heterocycles. The van der Waals surface area contributed by atoms with Crippen LogP contribution in [0.5, 0.6) is 0 Å². The van der Waals surface area contributed by atoms with Crippen molar-refractivity contribution in [3.8, 4) is 6.07 Å². The molecule has 0 aromatic carbocycles. The summed E-state index contributed by atoms with van der Waals surface area (Å²) in [6, 6.07) is 3.65. The topological polar surface area (TPSA) is 78.5 Å². The highest BCUT2D eigenvalue weighted by molar-refractivity contribution is 5.90. The van der Waals surface area contributed by atoms with E-state index in [2.05, 4.69) is 11.4 Å². The Morgan fingerprint density at radius 1 is 1.74 bits per heavy atom. The van der Waals surface area contributed by atoms with Crippen LogP contribution in [0.1, 0.15) is 23.0 Å². The first-order valence-electron chi connectivity index (χ1n) is 6.34. The van der Waals surface area contributed by atoms with E-state index >= 15 is 0 Å². The molecule has 1 unspecified atom stereocenters. The van der Waals surface area contributed by atoms with Gasteiger partial charge in [0.1, 0.15) is 17.4 Å². The van der Waals surface area contributed by atoms with Gasteiger partial charge in [-0.1, -0.05) is 0 Å². The predicted octanol–water partition coefficient (Wildman–Crippen LogP) is 0.754. The fraction of sp³-hybridized carbons (Fsp3) is 0.538. The lowest BCUT2D eigenvalue weighted by molar-refractivity contribution is 0.0521. The summed E-state index contributed by atoms with van der Waals surface area (Å²) >= 11 is 0. The van der Waals surface area contributed by atoms with Gasteiger partial charge in [-0.15, -0.1) is 0 Å². The Balaban J connectivity index is 2.08.